The van der Waals surface area contributed by atoms with Gasteiger partial charge in [-0.15, -0.1) is 0 Å². The summed E-state index contributed by atoms with van der Waals surface area (Å²) >= 11 is 0. The van der Waals surface area contributed by atoms with E-state index in [0.717, 1.165) is 49.6 Å². The molecular formula is C18H30N2O. The highest BCUT2D eigenvalue weighted by atomic mass is 16.2. The minimum Gasteiger partial charge on any atom is -0.339 e. The van der Waals surface area contributed by atoms with Crippen molar-refractivity contribution in [3.8, 4) is 0 Å². The molecule has 4 saturated carbocycles. The van der Waals surface area contributed by atoms with Gasteiger partial charge < -0.3 is 10.6 Å². The third-order valence-electron chi connectivity index (χ3n) is 6.91. The van der Waals surface area contributed by atoms with Crippen LogP contribution in [-0.2, 0) is 4.79 Å². The zero-order valence-electron chi connectivity index (χ0n) is 13.2. The van der Waals surface area contributed by atoms with Crippen LogP contribution in [0.5, 0.6) is 0 Å². The normalized spacial score (nSPS) is 44.5. The lowest BCUT2D eigenvalue weighted by Crippen LogP contribution is -2.52. The Balaban J connectivity index is 1.47. The largest absolute Gasteiger partial charge is 0.339 e. The molecule has 118 valence electrons. The molecule has 1 saturated heterocycles. The van der Waals surface area contributed by atoms with Crippen molar-refractivity contribution in [2.45, 2.75) is 63.8 Å². The van der Waals surface area contributed by atoms with Gasteiger partial charge >= 0.3 is 0 Å². The lowest BCUT2D eigenvalue weighted by molar-refractivity contribution is -0.150. The topological polar surface area (TPSA) is 46.3 Å². The average Bonchev–Trinajstić information content (AvgIpc) is 2.92. The molecule has 1 unspecified atom stereocenters. The molecule has 4 bridgehead atoms. The first-order valence-corrected chi connectivity index (χ1v) is 9.26. The molecule has 3 heteroatoms. The molecule has 0 aromatic heterocycles. The maximum Gasteiger partial charge on any atom is 0.226 e. The Morgan fingerprint density at radius 1 is 1.05 bits per heavy atom. The van der Waals surface area contributed by atoms with Gasteiger partial charge in [0.25, 0.3) is 0 Å². The fraction of sp³-hybridized carbons (Fsp3) is 0.944. The van der Waals surface area contributed by atoms with Gasteiger partial charge in [0.15, 0.2) is 0 Å². The maximum absolute atomic E-state index is 13.2. The second-order valence-corrected chi connectivity index (χ2v) is 8.22. The predicted molar refractivity (Wildman–Crippen MR) is 83.6 cm³/mol. The van der Waals surface area contributed by atoms with E-state index >= 15 is 0 Å². The van der Waals surface area contributed by atoms with Crippen molar-refractivity contribution in [1.82, 2.24) is 4.90 Å². The average molecular weight is 290 g/mol. The van der Waals surface area contributed by atoms with E-state index in [1.807, 2.05) is 0 Å². The highest BCUT2D eigenvalue weighted by molar-refractivity contribution is 5.80. The van der Waals surface area contributed by atoms with Gasteiger partial charge in [-0.2, -0.15) is 0 Å². The van der Waals surface area contributed by atoms with E-state index < -0.39 is 0 Å². The van der Waals surface area contributed by atoms with Gasteiger partial charge in [0, 0.05) is 18.5 Å². The molecule has 1 aliphatic heterocycles. The van der Waals surface area contributed by atoms with Gasteiger partial charge in [-0.05, 0) is 88.0 Å². The van der Waals surface area contributed by atoms with Gasteiger partial charge in [0.1, 0.15) is 0 Å². The lowest BCUT2D eigenvalue weighted by Gasteiger charge is -2.54. The van der Waals surface area contributed by atoms with Crippen molar-refractivity contribution >= 4 is 5.91 Å². The Labute approximate surface area is 128 Å². The molecule has 5 aliphatic rings. The van der Waals surface area contributed by atoms with Crippen molar-refractivity contribution in [3.05, 3.63) is 0 Å². The van der Waals surface area contributed by atoms with Crippen LogP contribution in [0, 0.1) is 29.6 Å². The van der Waals surface area contributed by atoms with Crippen molar-refractivity contribution in [2.75, 3.05) is 13.1 Å². The summed E-state index contributed by atoms with van der Waals surface area (Å²) < 4.78 is 0. The standard InChI is InChI=1S/C18H30N2O/c19-5-1-3-16-4-2-6-20(16)18(21)17-14-8-12-7-13(10-14)11-15(17)9-12/h12-17H,1-11,19H2. The van der Waals surface area contributed by atoms with E-state index in [4.69, 9.17) is 5.73 Å². The first kappa shape index (κ1) is 14.0. The lowest BCUT2D eigenvalue weighted by atomic mass is 9.51. The monoisotopic (exact) mass is 290 g/mol. The SMILES string of the molecule is NCCCC1CCCN1C(=O)C1C2CC3CC(C2)CC1C3. The summed E-state index contributed by atoms with van der Waals surface area (Å²) in [5.41, 5.74) is 5.66. The number of hydrogen-bond donors (Lipinski definition) is 1. The van der Waals surface area contributed by atoms with E-state index in [1.54, 1.807) is 0 Å². The highest BCUT2D eigenvalue weighted by Crippen LogP contribution is 2.57. The minimum absolute atomic E-state index is 0.385. The van der Waals surface area contributed by atoms with Gasteiger partial charge in [-0.3, -0.25) is 4.79 Å². The third-order valence-corrected chi connectivity index (χ3v) is 6.91. The fourth-order valence-corrected chi connectivity index (χ4v) is 6.30. The highest BCUT2D eigenvalue weighted by Gasteiger charge is 2.52. The molecule has 1 amide bonds. The number of likely N-dealkylation sites (tertiary alicyclic amines) is 1. The summed E-state index contributed by atoms with van der Waals surface area (Å²) in [5.74, 6) is 4.29. The Bertz CT molecular complexity index is 380. The van der Waals surface area contributed by atoms with Crippen LogP contribution in [-0.4, -0.2) is 29.9 Å². The quantitative estimate of drug-likeness (QED) is 0.865. The number of nitrogens with zero attached hydrogens (tertiary/aromatic N) is 1. The fourth-order valence-electron chi connectivity index (χ4n) is 6.30. The van der Waals surface area contributed by atoms with Crippen LogP contribution in [0.4, 0.5) is 0 Å². The van der Waals surface area contributed by atoms with Gasteiger partial charge in [-0.25, -0.2) is 0 Å². The summed E-state index contributed by atoms with van der Waals surface area (Å²) in [4.78, 5) is 15.5. The van der Waals surface area contributed by atoms with E-state index in [9.17, 15) is 4.79 Å². The zero-order chi connectivity index (χ0) is 14.4. The number of carbonyl (C=O) groups is 1. The van der Waals surface area contributed by atoms with Crippen molar-refractivity contribution in [2.24, 2.45) is 35.3 Å². The van der Waals surface area contributed by atoms with Gasteiger partial charge in [0.2, 0.25) is 5.91 Å². The number of hydrogen-bond acceptors (Lipinski definition) is 2. The number of nitrogens with two attached hydrogens (primary N) is 1. The van der Waals surface area contributed by atoms with Crippen molar-refractivity contribution < 1.29 is 4.79 Å². The summed E-state index contributed by atoms with van der Waals surface area (Å²) in [6.07, 6.45) is 11.5. The molecule has 0 aromatic rings. The summed E-state index contributed by atoms with van der Waals surface area (Å²) in [7, 11) is 0. The van der Waals surface area contributed by atoms with Crippen LogP contribution in [0.2, 0.25) is 0 Å². The number of amides is 1. The van der Waals surface area contributed by atoms with Crippen LogP contribution in [0.25, 0.3) is 0 Å². The van der Waals surface area contributed by atoms with Gasteiger partial charge in [-0.1, -0.05) is 0 Å². The molecule has 2 N–H and O–H groups in total. The summed E-state index contributed by atoms with van der Waals surface area (Å²) in [6.45, 7) is 1.77. The minimum atomic E-state index is 0.385. The van der Waals surface area contributed by atoms with Crippen LogP contribution < -0.4 is 5.73 Å². The molecule has 1 atom stereocenters. The molecule has 5 rings (SSSR count). The Morgan fingerprint density at radius 2 is 1.71 bits per heavy atom. The maximum atomic E-state index is 13.2. The van der Waals surface area contributed by atoms with Crippen LogP contribution in [0.3, 0.4) is 0 Å². The van der Waals surface area contributed by atoms with Crippen molar-refractivity contribution in [1.29, 1.82) is 0 Å². The second-order valence-electron chi connectivity index (χ2n) is 8.22. The number of rotatable bonds is 4. The smallest absolute Gasteiger partial charge is 0.226 e. The summed E-state index contributed by atoms with van der Waals surface area (Å²) in [6, 6.07) is 0.498. The Hall–Kier alpha value is -0.570. The van der Waals surface area contributed by atoms with E-state index in [0.29, 0.717) is 17.9 Å². The molecular weight excluding hydrogens is 260 g/mol. The molecule has 0 radical (unpaired) electrons. The molecule has 0 aromatic carbocycles. The molecule has 3 nitrogen and oxygen atoms in total. The molecule has 0 spiro atoms. The van der Waals surface area contributed by atoms with E-state index in [-0.39, 0.29) is 0 Å². The van der Waals surface area contributed by atoms with Crippen LogP contribution in [0.1, 0.15) is 57.8 Å². The molecule has 4 aliphatic carbocycles. The van der Waals surface area contributed by atoms with E-state index in [2.05, 4.69) is 4.90 Å². The number of carbonyl (C=O) groups excluding carboxylic acids is 1. The molecule has 21 heavy (non-hydrogen) atoms. The Kier molecular flexibility index (Phi) is 3.72. The summed E-state index contributed by atoms with van der Waals surface area (Å²) in [5, 5.41) is 0. The van der Waals surface area contributed by atoms with Crippen LogP contribution in [0.15, 0.2) is 0 Å². The first-order chi connectivity index (χ1) is 10.3. The molecule has 1 heterocycles. The second kappa shape index (κ2) is 5.57. The van der Waals surface area contributed by atoms with Crippen LogP contribution >= 0.6 is 0 Å². The Morgan fingerprint density at radius 3 is 2.33 bits per heavy atom. The van der Waals surface area contributed by atoms with Crippen molar-refractivity contribution in [3.63, 3.8) is 0 Å². The zero-order valence-corrected chi connectivity index (χ0v) is 13.2. The van der Waals surface area contributed by atoms with E-state index in [1.165, 1.54) is 44.9 Å². The third kappa shape index (κ3) is 2.42. The van der Waals surface area contributed by atoms with Gasteiger partial charge in [0.05, 0.1) is 0 Å². The predicted octanol–water partition coefficient (Wildman–Crippen LogP) is 2.79. The molecule has 5 fully saturated rings. The first-order valence-electron chi connectivity index (χ1n) is 9.26.